The summed E-state index contributed by atoms with van der Waals surface area (Å²) in [4.78, 5) is 22.5. The summed E-state index contributed by atoms with van der Waals surface area (Å²) >= 11 is 0. The van der Waals surface area contributed by atoms with Crippen LogP contribution in [0.4, 0.5) is 0 Å². The van der Waals surface area contributed by atoms with Gasteiger partial charge in [0.05, 0.1) is 6.10 Å². The van der Waals surface area contributed by atoms with Crippen LogP contribution in [0.15, 0.2) is 24.3 Å². The maximum absolute atomic E-state index is 12.0. The maximum Gasteiger partial charge on any atom is 0.303 e. The molecular weight excluding hydrogens is 304 g/mol. The molecule has 0 spiro atoms. The number of carboxylic acid groups (broad SMARTS) is 1. The molecule has 3 atom stereocenters. The average molecular weight is 336 g/mol. The number of ketones is 1. The molecular formula is C20H32O4. The minimum absolute atomic E-state index is 0.0137. The van der Waals surface area contributed by atoms with Gasteiger partial charge in [-0.25, -0.2) is 0 Å². The fraction of sp³-hybridized carbons (Fsp3) is 0.700. The van der Waals surface area contributed by atoms with Crippen LogP contribution in [-0.2, 0) is 9.59 Å². The van der Waals surface area contributed by atoms with Gasteiger partial charge < -0.3 is 10.2 Å². The zero-order chi connectivity index (χ0) is 17.8. The smallest absolute Gasteiger partial charge is 0.303 e. The van der Waals surface area contributed by atoms with Gasteiger partial charge in [0.1, 0.15) is 5.78 Å². The van der Waals surface area contributed by atoms with Crippen molar-refractivity contribution in [3.8, 4) is 0 Å². The second kappa shape index (κ2) is 12.0. The summed E-state index contributed by atoms with van der Waals surface area (Å²) in [6.45, 7) is 2.14. The molecule has 1 rings (SSSR count). The van der Waals surface area contributed by atoms with E-state index in [2.05, 4.69) is 6.92 Å². The number of allylic oxidation sites excluding steroid dienone is 3. The minimum atomic E-state index is -0.767. The van der Waals surface area contributed by atoms with Crippen molar-refractivity contribution < 1.29 is 19.8 Å². The van der Waals surface area contributed by atoms with Crippen LogP contribution in [-0.4, -0.2) is 28.1 Å². The summed E-state index contributed by atoms with van der Waals surface area (Å²) < 4.78 is 0. The molecule has 1 aliphatic rings. The van der Waals surface area contributed by atoms with Gasteiger partial charge in [-0.05, 0) is 38.0 Å². The Balaban J connectivity index is 2.37. The van der Waals surface area contributed by atoms with E-state index < -0.39 is 12.1 Å². The predicted octanol–water partition coefficient (Wildman–Crippen LogP) is 4.28. The summed E-state index contributed by atoms with van der Waals surface area (Å²) in [6, 6.07) is 0. The predicted molar refractivity (Wildman–Crippen MR) is 95.8 cm³/mol. The van der Waals surface area contributed by atoms with E-state index in [1.165, 1.54) is 0 Å². The van der Waals surface area contributed by atoms with Crippen LogP contribution in [0.25, 0.3) is 0 Å². The highest BCUT2D eigenvalue weighted by atomic mass is 16.4. The van der Waals surface area contributed by atoms with Gasteiger partial charge in [-0.15, -0.1) is 0 Å². The molecule has 24 heavy (non-hydrogen) atoms. The van der Waals surface area contributed by atoms with Crippen molar-refractivity contribution in [3.63, 3.8) is 0 Å². The number of carbonyl (C=O) groups excluding carboxylic acids is 1. The van der Waals surface area contributed by atoms with E-state index in [0.717, 1.165) is 38.5 Å². The number of aliphatic carboxylic acids is 1. The van der Waals surface area contributed by atoms with E-state index in [1.54, 1.807) is 0 Å². The van der Waals surface area contributed by atoms with Crippen LogP contribution in [0.1, 0.15) is 71.1 Å². The van der Waals surface area contributed by atoms with E-state index in [-0.39, 0.29) is 18.3 Å². The molecule has 0 aliphatic heterocycles. The first kappa shape index (κ1) is 20.6. The first-order chi connectivity index (χ1) is 11.5. The molecule has 0 aromatic rings. The number of unbranched alkanes of at least 4 members (excludes halogenated alkanes) is 3. The van der Waals surface area contributed by atoms with Crippen LogP contribution < -0.4 is 0 Å². The summed E-state index contributed by atoms with van der Waals surface area (Å²) in [5, 5.41) is 18.6. The monoisotopic (exact) mass is 336 g/mol. The van der Waals surface area contributed by atoms with Gasteiger partial charge in [-0.1, -0.05) is 50.5 Å². The van der Waals surface area contributed by atoms with Crippen molar-refractivity contribution >= 4 is 11.8 Å². The van der Waals surface area contributed by atoms with Gasteiger partial charge in [0.15, 0.2) is 0 Å². The largest absolute Gasteiger partial charge is 0.481 e. The molecule has 4 nitrogen and oxygen atoms in total. The lowest BCUT2D eigenvalue weighted by atomic mass is 9.91. The van der Waals surface area contributed by atoms with Gasteiger partial charge >= 0.3 is 5.97 Å². The molecule has 136 valence electrons. The number of hydrogen-bond acceptors (Lipinski definition) is 3. The van der Waals surface area contributed by atoms with E-state index in [9.17, 15) is 14.7 Å². The molecule has 1 saturated carbocycles. The molecule has 0 radical (unpaired) electrons. The third kappa shape index (κ3) is 8.44. The highest BCUT2D eigenvalue weighted by Gasteiger charge is 2.31. The zero-order valence-corrected chi connectivity index (χ0v) is 14.8. The molecule has 0 saturated heterocycles. The molecule has 0 bridgehead atoms. The topological polar surface area (TPSA) is 74.6 Å². The number of rotatable bonds is 12. The molecule has 4 heteroatoms. The molecule has 0 aromatic heterocycles. The van der Waals surface area contributed by atoms with Crippen molar-refractivity contribution in [1.29, 1.82) is 0 Å². The van der Waals surface area contributed by atoms with E-state index in [0.29, 0.717) is 25.0 Å². The zero-order valence-electron chi connectivity index (χ0n) is 14.8. The third-order valence-corrected chi connectivity index (χ3v) is 4.66. The molecule has 0 aromatic carbocycles. The van der Waals surface area contributed by atoms with Crippen molar-refractivity contribution in [2.24, 2.45) is 11.8 Å². The van der Waals surface area contributed by atoms with Gasteiger partial charge in [-0.2, -0.15) is 0 Å². The summed E-state index contributed by atoms with van der Waals surface area (Å²) in [7, 11) is 0. The summed E-state index contributed by atoms with van der Waals surface area (Å²) in [5.41, 5.74) is 0. The van der Waals surface area contributed by atoms with Gasteiger partial charge in [0.2, 0.25) is 0 Å². The Morgan fingerprint density at radius 2 is 2.08 bits per heavy atom. The highest BCUT2D eigenvalue weighted by molar-refractivity contribution is 5.83. The van der Waals surface area contributed by atoms with Crippen LogP contribution in [0.5, 0.6) is 0 Å². The Morgan fingerprint density at radius 1 is 1.29 bits per heavy atom. The molecule has 0 amide bonds. The van der Waals surface area contributed by atoms with E-state index >= 15 is 0 Å². The maximum atomic E-state index is 12.0. The van der Waals surface area contributed by atoms with Crippen molar-refractivity contribution in [3.05, 3.63) is 24.3 Å². The molecule has 2 N–H and O–H groups in total. The number of hydrogen-bond donors (Lipinski definition) is 2. The molecule has 1 aliphatic carbocycles. The fourth-order valence-electron chi connectivity index (χ4n) is 3.17. The Hall–Kier alpha value is -1.42. The van der Waals surface area contributed by atoms with E-state index in [1.807, 2.05) is 24.3 Å². The van der Waals surface area contributed by atoms with Gasteiger partial charge in [-0.3, -0.25) is 9.59 Å². The number of aliphatic hydroxyl groups excluding tert-OH is 1. The van der Waals surface area contributed by atoms with Gasteiger partial charge in [0.25, 0.3) is 0 Å². The second-order valence-corrected chi connectivity index (χ2v) is 6.72. The SMILES string of the molecule is CCCCC[C@H](O)/C=C/[C@H]1CCC(=O)[C@@H]1C/C=C\CCCC(=O)O. The number of carboxylic acids is 1. The van der Waals surface area contributed by atoms with Crippen molar-refractivity contribution in [1.82, 2.24) is 0 Å². The van der Waals surface area contributed by atoms with Crippen LogP contribution in [0.2, 0.25) is 0 Å². The standard InChI is InChI=1S/C20H32O4/c1-2-3-6-9-17(21)14-12-16-13-15-19(22)18(16)10-7-4-5-8-11-20(23)24/h4,7,12,14,16-18,21H,2-3,5-6,8-11,13,15H2,1H3,(H,23,24)/b7-4-,14-12+/t16-,17-,18+/m0/s1. The Bertz CT molecular complexity index is 439. The first-order valence-corrected chi connectivity index (χ1v) is 9.30. The molecule has 1 fully saturated rings. The minimum Gasteiger partial charge on any atom is -0.481 e. The fourth-order valence-corrected chi connectivity index (χ4v) is 3.17. The van der Waals surface area contributed by atoms with E-state index in [4.69, 9.17) is 5.11 Å². The first-order valence-electron chi connectivity index (χ1n) is 9.30. The van der Waals surface area contributed by atoms with Crippen molar-refractivity contribution in [2.75, 3.05) is 0 Å². The molecule has 0 unspecified atom stereocenters. The number of Topliss-reactive ketones (excluding diaryl/α,β-unsaturated/α-hetero) is 1. The number of carbonyl (C=O) groups is 2. The van der Waals surface area contributed by atoms with Crippen LogP contribution in [0, 0.1) is 11.8 Å². The van der Waals surface area contributed by atoms with Crippen molar-refractivity contribution in [2.45, 2.75) is 77.2 Å². The quantitative estimate of drug-likeness (QED) is 0.412. The Kier molecular flexibility index (Phi) is 10.3. The Morgan fingerprint density at radius 3 is 2.79 bits per heavy atom. The normalized spacial score (nSPS) is 22.7. The lowest BCUT2D eigenvalue weighted by Gasteiger charge is -2.13. The summed E-state index contributed by atoms with van der Waals surface area (Å²) in [5.74, 6) is -0.223. The third-order valence-electron chi connectivity index (χ3n) is 4.66. The summed E-state index contributed by atoms with van der Waals surface area (Å²) in [6.07, 6.45) is 15.4. The number of aliphatic hydroxyl groups is 1. The Labute approximate surface area is 145 Å². The second-order valence-electron chi connectivity index (χ2n) is 6.72. The molecule has 0 heterocycles. The average Bonchev–Trinajstić information content (AvgIpc) is 2.89. The lowest BCUT2D eigenvalue weighted by molar-refractivity contribution is -0.137. The van der Waals surface area contributed by atoms with Gasteiger partial charge in [0, 0.05) is 18.8 Å². The highest BCUT2D eigenvalue weighted by Crippen LogP contribution is 2.33. The van der Waals surface area contributed by atoms with Crippen LogP contribution in [0.3, 0.4) is 0 Å². The lowest BCUT2D eigenvalue weighted by Crippen LogP contribution is -2.13. The van der Waals surface area contributed by atoms with Crippen LogP contribution >= 0.6 is 0 Å².